The van der Waals surface area contributed by atoms with Gasteiger partial charge in [-0.15, -0.1) is 0 Å². The van der Waals surface area contributed by atoms with Gasteiger partial charge in [-0.1, -0.05) is 170 Å². The Morgan fingerprint density at radius 1 is 0.287 bits per heavy atom. The van der Waals surface area contributed by atoms with Gasteiger partial charge >= 0.3 is 0 Å². The van der Waals surface area contributed by atoms with Crippen molar-refractivity contribution in [2.24, 2.45) is 0 Å². The minimum Gasteiger partial charge on any atom is -0.458 e. The van der Waals surface area contributed by atoms with Crippen LogP contribution >= 0.6 is 0 Å². The second-order valence-electron chi connectivity index (χ2n) is 21.6. The Morgan fingerprint density at radius 2 is 0.762 bits per heavy atom. The van der Waals surface area contributed by atoms with E-state index in [1.54, 1.807) is 0 Å². The van der Waals surface area contributed by atoms with E-state index in [2.05, 4.69) is 297 Å². The summed E-state index contributed by atoms with van der Waals surface area (Å²) >= 11 is 0. The third-order valence-electron chi connectivity index (χ3n) is 17.4. The van der Waals surface area contributed by atoms with E-state index >= 15 is 0 Å². The SMILES string of the molecule is c1ccc(N(c2ccccc2)c2cc3c4c(c2)N(c2ccccc2)c2cc5c(cc2B4c2ccccc2O3)B2c3c(cc(-n4c6ccccc6c6ccccc64)cc3-n3c4ccccc4c4cccc2c43)N5c2ccccc2)cc1. The Labute approximate surface area is 463 Å². The predicted octanol–water partition coefficient (Wildman–Crippen LogP) is 14.4. The van der Waals surface area contributed by atoms with Gasteiger partial charge in [-0.2, -0.15) is 0 Å². The van der Waals surface area contributed by atoms with Gasteiger partial charge in [0.2, 0.25) is 0 Å². The van der Waals surface area contributed by atoms with E-state index < -0.39 is 0 Å². The van der Waals surface area contributed by atoms with Crippen LogP contribution in [0.2, 0.25) is 0 Å². The molecule has 6 heterocycles. The van der Waals surface area contributed by atoms with Gasteiger partial charge in [-0.3, -0.25) is 0 Å². The summed E-state index contributed by atoms with van der Waals surface area (Å²) in [4.78, 5) is 7.44. The Kier molecular flexibility index (Phi) is 9.03. The zero-order valence-electron chi connectivity index (χ0n) is 43.3. The highest BCUT2D eigenvalue weighted by Gasteiger charge is 2.47. The summed E-state index contributed by atoms with van der Waals surface area (Å²) in [7, 11) is 0. The van der Waals surface area contributed by atoms with Crippen molar-refractivity contribution in [1.82, 2.24) is 9.13 Å². The van der Waals surface area contributed by atoms with Crippen LogP contribution in [0.1, 0.15) is 0 Å². The van der Waals surface area contributed by atoms with Crippen LogP contribution in [0.5, 0.6) is 11.5 Å². The third kappa shape index (κ3) is 5.99. The van der Waals surface area contributed by atoms with E-state index in [0.717, 1.165) is 79.3 Å². The summed E-state index contributed by atoms with van der Waals surface area (Å²) in [6, 6.07) is 101. The van der Waals surface area contributed by atoms with Gasteiger partial charge < -0.3 is 28.6 Å². The van der Waals surface area contributed by atoms with Crippen LogP contribution in [0, 0.1) is 0 Å². The highest BCUT2D eigenvalue weighted by atomic mass is 16.5. The molecular weight excluding hydrogens is 972 g/mol. The minimum atomic E-state index is -0.143. The van der Waals surface area contributed by atoms with Crippen molar-refractivity contribution in [3.8, 4) is 22.9 Å². The molecule has 370 valence electrons. The Morgan fingerprint density at radius 3 is 1.39 bits per heavy atom. The van der Waals surface area contributed by atoms with Gasteiger partial charge in [-0.25, -0.2) is 0 Å². The second-order valence-corrected chi connectivity index (χ2v) is 21.6. The van der Waals surface area contributed by atoms with Gasteiger partial charge in [0.25, 0.3) is 13.4 Å². The summed E-state index contributed by atoms with van der Waals surface area (Å²) < 4.78 is 12.3. The average molecular weight is 1020 g/mol. The zero-order chi connectivity index (χ0) is 52.2. The maximum atomic E-state index is 7.22. The number of rotatable bonds is 6. The molecule has 0 saturated heterocycles. The largest absolute Gasteiger partial charge is 0.458 e. The molecule has 0 atom stereocenters. The smallest absolute Gasteiger partial charge is 0.256 e. The zero-order valence-corrected chi connectivity index (χ0v) is 43.3. The van der Waals surface area contributed by atoms with Crippen LogP contribution in [0.15, 0.2) is 273 Å². The fraction of sp³-hybridized carbons (Fsp3) is 0. The summed E-state index contributed by atoms with van der Waals surface area (Å²) in [5.74, 6) is 1.73. The van der Waals surface area contributed by atoms with E-state index in [0.29, 0.717) is 0 Å². The van der Waals surface area contributed by atoms with Crippen molar-refractivity contribution < 1.29 is 4.74 Å². The molecule has 0 radical (unpaired) electrons. The Bertz CT molecular complexity index is 4810. The van der Waals surface area contributed by atoms with E-state index in [9.17, 15) is 0 Å². The van der Waals surface area contributed by atoms with Crippen LogP contribution in [0.25, 0.3) is 55.0 Å². The molecule has 12 aromatic carbocycles. The van der Waals surface area contributed by atoms with Crippen LogP contribution < -0.4 is 52.2 Å². The third-order valence-corrected chi connectivity index (χ3v) is 17.4. The van der Waals surface area contributed by atoms with E-state index in [4.69, 9.17) is 4.74 Å². The number of fused-ring (bicyclic) bond motifs is 14. The number of para-hydroxylation sites is 9. The number of benzene rings is 12. The highest BCUT2D eigenvalue weighted by Crippen LogP contribution is 2.49. The molecule has 0 fully saturated rings. The van der Waals surface area contributed by atoms with Crippen molar-refractivity contribution in [1.29, 1.82) is 0 Å². The second kappa shape index (κ2) is 16.5. The summed E-state index contributed by atoms with van der Waals surface area (Å²) in [5, 5.41) is 4.99. The molecule has 80 heavy (non-hydrogen) atoms. The number of nitrogens with zero attached hydrogens (tertiary/aromatic N) is 5. The van der Waals surface area contributed by atoms with Gasteiger partial charge in [-0.05, 0) is 130 Å². The molecule has 4 aliphatic heterocycles. The first-order chi connectivity index (χ1) is 39.7. The van der Waals surface area contributed by atoms with E-state index in [1.807, 2.05) is 0 Å². The van der Waals surface area contributed by atoms with Crippen LogP contribution in [-0.4, -0.2) is 22.6 Å². The van der Waals surface area contributed by atoms with Crippen molar-refractivity contribution in [2.75, 3.05) is 14.7 Å². The molecule has 2 aromatic heterocycles. The molecule has 18 rings (SSSR count). The lowest BCUT2D eigenvalue weighted by Crippen LogP contribution is -2.64. The molecule has 0 spiro atoms. The fourth-order valence-corrected chi connectivity index (χ4v) is 14.3. The quantitative estimate of drug-likeness (QED) is 0.155. The van der Waals surface area contributed by atoms with Crippen molar-refractivity contribution in [3.63, 3.8) is 0 Å². The molecule has 4 aliphatic rings. The van der Waals surface area contributed by atoms with Crippen molar-refractivity contribution in [3.05, 3.63) is 273 Å². The number of hydrogen-bond donors (Lipinski definition) is 0. The Balaban J connectivity index is 0.973. The first-order valence-corrected chi connectivity index (χ1v) is 27.7. The molecule has 6 nitrogen and oxygen atoms in total. The Hall–Kier alpha value is -10.4. The summed E-state index contributed by atoms with van der Waals surface area (Å²) in [5.41, 5.74) is 24.4. The maximum absolute atomic E-state index is 7.22. The molecule has 0 N–H and O–H groups in total. The van der Waals surface area contributed by atoms with E-state index in [-0.39, 0.29) is 13.4 Å². The maximum Gasteiger partial charge on any atom is 0.256 e. The van der Waals surface area contributed by atoms with E-state index in [1.165, 1.54) is 71.2 Å². The van der Waals surface area contributed by atoms with Crippen LogP contribution in [0.4, 0.5) is 51.2 Å². The highest BCUT2D eigenvalue weighted by molar-refractivity contribution is 7.02. The summed E-state index contributed by atoms with van der Waals surface area (Å²) in [6.07, 6.45) is 0. The molecule has 0 saturated carbocycles. The molecule has 0 amide bonds. The van der Waals surface area contributed by atoms with Crippen molar-refractivity contribution >= 4 is 141 Å². The number of anilines is 9. The number of aromatic nitrogens is 2. The number of ether oxygens (including phenoxy) is 1. The fourth-order valence-electron chi connectivity index (χ4n) is 14.3. The van der Waals surface area contributed by atoms with Gasteiger partial charge in [0.15, 0.2) is 0 Å². The molecule has 8 heteroatoms. The lowest BCUT2D eigenvalue weighted by atomic mass is 9.30. The lowest BCUT2D eigenvalue weighted by Gasteiger charge is -2.44. The molecule has 0 aliphatic carbocycles. The van der Waals surface area contributed by atoms with Crippen molar-refractivity contribution in [2.45, 2.75) is 0 Å². The molecule has 0 bridgehead atoms. The average Bonchev–Trinajstić information content (AvgIpc) is 4.13. The minimum absolute atomic E-state index is 0.109. The van der Waals surface area contributed by atoms with Gasteiger partial charge in [0.1, 0.15) is 11.5 Å². The monoisotopic (exact) mass is 1020 g/mol. The molecule has 14 aromatic rings. The first kappa shape index (κ1) is 43.6. The normalized spacial score (nSPS) is 13.2. The predicted molar refractivity (Wildman–Crippen MR) is 335 cm³/mol. The molecular formula is C72H45B2N5O. The van der Waals surface area contributed by atoms with Crippen LogP contribution in [-0.2, 0) is 0 Å². The number of hydrogen-bond acceptors (Lipinski definition) is 4. The van der Waals surface area contributed by atoms with Gasteiger partial charge in [0.05, 0.1) is 27.9 Å². The van der Waals surface area contributed by atoms with Gasteiger partial charge in [0, 0.05) is 84.3 Å². The standard InChI is InChI=1S/C72H45B2N5O/c1-5-22-46(23-6-1)75(47-24-7-2-8-25-47)51-42-67-71-69(43-51)80-68-39-20-16-34-56(68)73(71)58-44-59-64(45-63(58)77(67)49-28-11-4-12-29-49)76(48-26-9-3-10-27-48)65-40-50(78-60-36-17-13-30-52(60)53-31-14-18-37-61(53)78)41-66-70(65)74(59)57-35-21-33-55-54-32-15-19-38-62(54)79(66)72(55)57/h1-45H. The lowest BCUT2D eigenvalue weighted by molar-refractivity contribution is 0.487. The first-order valence-electron chi connectivity index (χ1n) is 27.7. The summed E-state index contributed by atoms with van der Waals surface area (Å²) in [6.45, 7) is -0.252. The van der Waals surface area contributed by atoms with Crippen LogP contribution in [0.3, 0.4) is 0 Å². The topological polar surface area (TPSA) is 28.8 Å². The molecule has 0 unspecified atom stereocenters.